The fourth-order valence-corrected chi connectivity index (χ4v) is 6.72. The summed E-state index contributed by atoms with van der Waals surface area (Å²) in [5.41, 5.74) is 2.05. The summed E-state index contributed by atoms with van der Waals surface area (Å²) >= 11 is 0. The van der Waals surface area contributed by atoms with Crippen molar-refractivity contribution in [3.8, 4) is 0 Å². The zero-order valence-electron chi connectivity index (χ0n) is 19.2. The second-order valence-electron chi connectivity index (χ2n) is 9.83. The predicted molar refractivity (Wildman–Crippen MR) is 129 cm³/mol. The highest BCUT2D eigenvalue weighted by molar-refractivity contribution is 5.91. The fourth-order valence-electron chi connectivity index (χ4n) is 6.72. The molecular weight excluding hydrogens is 440 g/mol. The van der Waals surface area contributed by atoms with Crippen LogP contribution in [0.25, 0.3) is 0 Å². The minimum Gasteiger partial charge on any atom is -0.455 e. The third-order valence-corrected chi connectivity index (χ3v) is 8.07. The van der Waals surface area contributed by atoms with Gasteiger partial charge in [0.15, 0.2) is 0 Å². The summed E-state index contributed by atoms with van der Waals surface area (Å²) in [6.07, 6.45) is -0.0339. The predicted octanol–water partition coefficient (Wildman–Crippen LogP) is 5.08. The Hall–Kier alpha value is -3.73. The molecular formula is C30H26O5. The number of esters is 2. The van der Waals surface area contributed by atoms with Crippen LogP contribution in [-0.4, -0.2) is 29.9 Å². The first-order valence-electron chi connectivity index (χ1n) is 12.2. The van der Waals surface area contributed by atoms with E-state index in [0.29, 0.717) is 24.0 Å². The van der Waals surface area contributed by atoms with Gasteiger partial charge < -0.3 is 9.47 Å². The fraction of sp³-hybridized carbons (Fsp3) is 0.300. The lowest BCUT2D eigenvalue weighted by atomic mass is 9.73. The first-order valence-corrected chi connectivity index (χ1v) is 12.2. The van der Waals surface area contributed by atoms with Gasteiger partial charge in [-0.2, -0.15) is 0 Å². The number of carbonyl (C=O) groups is 3. The van der Waals surface area contributed by atoms with Crippen molar-refractivity contribution in [3.05, 3.63) is 108 Å². The van der Waals surface area contributed by atoms with Crippen LogP contribution in [0.2, 0.25) is 0 Å². The number of rotatable bonds is 5. The van der Waals surface area contributed by atoms with E-state index in [1.165, 1.54) is 0 Å². The number of fused-ring (bicyclic) bond motifs is 5. The van der Waals surface area contributed by atoms with Gasteiger partial charge in [0.05, 0.1) is 11.1 Å². The van der Waals surface area contributed by atoms with Gasteiger partial charge in [0.1, 0.15) is 18.0 Å². The van der Waals surface area contributed by atoms with Gasteiger partial charge in [-0.1, -0.05) is 66.7 Å². The molecule has 0 spiro atoms. The molecule has 7 atom stereocenters. The summed E-state index contributed by atoms with van der Waals surface area (Å²) in [7, 11) is 0. The number of carbonyl (C=O) groups excluding carboxylic acids is 3. The molecule has 7 unspecified atom stereocenters. The van der Waals surface area contributed by atoms with Gasteiger partial charge in [-0.15, -0.1) is 0 Å². The highest BCUT2D eigenvalue weighted by Gasteiger charge is 2.67. The van der Waals surface area contributed by atoms with Gasteiger partial charge in [-0.25, -0.2) is 9.59 Å². The largest absolute Gasteiger partial charge is 0.455 e. The number of hydrogen-bond acceptors (Lipinski definition) is 5. The van der Waals surface area contributed by atoms with E-state index in [9.17, 15) is 14.4 Å². The summed E-state index contributed by atoms with van der Waals surface area (Å²) < 4.78 is 12.1. The molecule has 3 aromatic carbocycles. The Morgan fingerprint density at radius 3 is 1.69 bits per heavy atom. The van der Waals surface area contributed by atoms with Crippen LogP contribution < -0.4 is 0 Å². The number of Topliss-reactive ketones (excluding diaryl/α,β-unsaturated/α-hetero) is 1. The van der Waals surface area contributed by atoms with Gasteiger partial charge in [0.2, 0.25) is 0 Å². The second-order valence-corrected chi connectivity index (χ2v) is 9.83. The zero-order chi connectivity index (χ0) is 23.9. The van der Waals surface area contributed by atoms with E-state index >= 15 is 0 Å². The normalized spacial score (nSPS) is 30.6. The number of hydrogen-bond donors (Lipinski definition) is 0. The van der Waals surface area contributed by atoms with Crippen LogP contribution in [0.1, 0.15) is 45.0 Å². The van der Waals surface area contributed by atoms with Crippen molar-refractivity contribution in [1.29, 1.82) is 0 Å². The lowest BCUT2D eigenvalue weighted by Gasteiger charge is -2.38. The van der Waals surface area contributed by atoms with Crippen LogP contribution in [0.3, 0.4) is 0 Å². The van der Waals surface area contributed by atoms with Gasteiger partial charge in [-0.3, -0.25) is 4.79 Å². The Balaban J connectivity index is 1.32. The lowest BCUT2D eigenvalue weighted by Crippen LogP contribution is -2.47. The van der Waals surface area contributed by atoms with Crippen molar-refractivity contribution in [1.82, 2.24) is 0 Å². The summed E-state index contributed by atoms with van der Waals surface area (Å²) in [6.45, 7) is 0. The van der Waals surface area contributed by atoms with E-state index in [4.69, 9.17) is 9.47 Å². The van der Waals surface area contributed by atoms with Crippen LogP contribution >= 0.6 is 0 Å². The summed E-state index contributed by atoms with van der Waals surface area (Å²) in [5, 5.41) is 0. The van der Waals surface area contributed by atoms with E-state index in [1.54, 1.807) is 48.5 Å². The van der Waals surface area contributed by atoms with E-state index < -0.39 is 24.1 Å². The van der Waals surface area contributed by atoms with Crippen molar-refractivity contribution < 1.29 is 23.9 Å². The molecule has 0 heterocycles. The second kappa shape index (κ2) is 8.81. The third kappa shape index (κ3) is 3.75. The Kier molecular flexibility index (Phi) is 5.48. The summed E-state index contributed by atoms with van der Waals surface area (Å²) in [4.78, 5) is 39.3. The average Bonchev–Trinajstić information content (AvgIpc) is 3.56. The van der Waals surface area contributed by atoms with Crippen molar-refractivity contribution in [3.63, 3.8) is 0 Å². The number of ketones is 1. The smallest absolute Gasteiger partial charge is 0.338 e. The molecule has 5 nitrogen and oxygen atoms in total. The van der Waals surface area contributed by atoms with Crippen LogP contribution in [0.15, 0.2) is 91.0 Å². The Bertz CT molecular complexity index is 1240. The highest BCUT2D eigenvalue weighted by atomic mass is 16.6. The molecule has 3 aliphatic carbocycles. The third-order valence-electron chi connectivity index (χ3n) is 8.07. The number of benzene rings is 3. The number of ether oxygens (including phenoxy) is 2. The first kappa shape index (κ1) is 21.8. The standard InChI is InChI=1S/C30H26O5/c31-24-17-21(18-10-4-1-5-11-18)25-22-16-23(26(24)25)28(35-30(33)20-14-8-3-9-15-20)27(22)34-29(32)19-12-6-2-7-13-19/h1-15,21-23,25-28H,16-17H2. The molecule has 3 saturated carbocycles. The quantitative estimate of drug-likeness (QED) is 0.491. The van der Waals surface area contributed by atoms with Crippen molar-refractivity contribution in [2.45, 2.75) is 31.0 Å². The molecule has 3 aromatic rings. The summed E-state index contributed by atoms with van der Waals surface area (Å²) in [5.74, 6) is -0.847. The van der Waals surface area contributed by atoms with E-state index in [0.717, 1.165) is 5.56 Å². The molecule has 0 radical (unpaired) electrons. The lowest BCUT2D eigenvalue weighted by molar-refractivity contribution is -0.127. The molecule has 35 heavy (non-hydrogen) atoms. The molecule has 0 aliphatic heterocycles. The van der Waals surface area contributed by atoms with Gasteiger partial charge in [0.25, 0.3) is 0 Å². The van der Waals surface area contributed by atoms with Crippen LogP contribution in [0.5, 0.6) is 0 Å². The molecule has 3 aliphatic rings. The van der Waals surface area contributed by atoms with Crippen LogP contribution in [0.4, 0.5) is 0 Å². The molecule has 0 aromatic heterocycles. The Morgan fingerprint density at radius 1 is 0.657 bits per heavy atom. The maximum absolute atomic E-state index is 13.2. The molecule has 5 heteroatoms. The topological polar surface area (TPSA) is 69.7 Å². The van der Waals surface area contributed by atoms with E-state index in [-0.39, 0.29) is 35.4 Å². The van der Waals surface area contributed by atoms with Gasteiger partial charge in [-0.05, 0) is 48.1 Å². The van der Waals surface area contributed by atoms with Crippen LogP contribution in [0, 0.1) is 23.7 Å². The molecule has 0 saturated heterocycles. The molecule has 176 valence electrons. The Morgan fingerprint density at radius 2 is 1.14 bits per heavy atom. The molecule has 6 rings (SSSR count). The minimum absolute atomic E-state index is 0.0390. The molecule has 0 N–H and O–H groups in total. The van der Waals surface area contributed by atoms with E-state index in [1.807, 2.05) is 30.3 Å². The monoisotopic (exact) mass is 466 g/mol. The maximum Gasteiger partial charge on any atom is 0.338 e. The SMILES string of the molecule is O=C(OC1C2CC(C1OC(=O)c1ccccc1)C1C(c3ccccc3)CC(=O)C21)c1ccccc1. The zero-order valence-corrected chi connectivity index (χ0v) is 19.2. The van der Waals surface area contributed by atoms with Crippen LogP contribution in [-0.2, 0) is 14.3 Å². The van der Waals surface area contributed by atoms with E-state index in [2.05, 4.69) is 12.1 Å². The van der Waals surface area contributed by atoms with Crippen molar-refractivity contribution in [2.75, 3.05) is 0 Å². The minimum atomic E-state index is -0.639. The van der Waals surface area contributed by atoms with Crippen molar-refractivity contribution in [2.24, 2.45) is 23.7 Å². The van der Waals surface area contributed by atoms with Gasteiger partial charge >= 0.3 is 11.9 Å². The highest BCUT2D eigenvalue weighted by Crippen LogP contribution is 2.63. The molecule has 0 amide bonds. The molecule has 3 fully saturated rings. The molecule has 2 bridgehead atoms. The average molecular weight is 467 g/mol. The first-order chi connectivity index (χ1) is 17.1. The maximum atomic E-state index is 13.2. The van der Waals surface area contributed by atoms with Crippen molar-refractivity contribution >= 4 is 17.7 Å². The van der Waals surface area contributed by atoms with Gasteiger partial charge in [0, 0.05) is 24.2 Å². The Labute approximate surface area is 204 Å². The summed E-state index contributed by atoms with van der Waals surface area (Å²) in [6, 6.07) is 27.8.